The summed E-state index contributed by atoms with van der Waals surface area (Å²) >= 11 is 0. The third-order valence-corrected chi connectivity index (χ3v) is 16.9. The molecule has 4 saturated carbocycles. The molecule has 308 valence electrons. The number of unbranched alkanes of at least 4 members (excludes halogenated alkanes) is 4. The van der Waals surface area contributed by atoms with Crippen LogP contribution in [0.25, 0.3) is 0 Å². The molecular weight excluding hydrogens is 686 g/mol. The van der Waals surface area contributed by atoms with E-state index in [-0.39, 0.29) is 45.7 Å². The molecule has 1 amide bonds. The summed E-state index contributed by atoms with van der Waals surface area (Å²) in [5.41, 5.74) is 0.606. The highest BCUT2D eigenvalue weighted by Crippen LogP contribution is 2.76. The second kappa shape index (κ2) is 15.2. The average molecular weight is 760 g/mol. The molecule has 1 aliphatic heterocycles. The Balaban J connectivity index is 1.21. The van der Waals surface area contributed by atoms with Crippen LogP contribution in [0.3, 0.4) is 0 Å². The Hall–Kier alpha value is -1.72. The fourth-order valence-electron chi connectivity index (χ4n) is 13.4. The lowest BCUT2D eigenvalue weighted by Crippen LogP contribution is -2.67. The summed E-state index contributed by atoms with van der Waals surface area (Å²) in [7, 11) is 0. The summed E-state index contributed by atoms with van der Waals surface area (Å²) in [6, 6.07) is -1.08. The molecule has 1 heterocycles. The summed E-state index contributed by atoms with van der Waals surface area (Å²) in [5, 5.41) is 45.5. The van der Waals surface area contributed by atoms with E-state index in [1.807, 2.05) is 0 Å². The molecule has 0 aromatic heterocycles. The van der Waals surface area contributed by atoms with E-state index in [0.29, 0.717) is 11.8 Å². The van der Waals surface area contributed by atoms with Crippen molar-refractivity contribution in [3.8, 4) is 0 Å². The summed E-state index contributed by atoms with van der Waals surface area (Å²) < 4.78 is 18.4. The predicted molar refractivity (Wildman–Crippen MR) is 206 cm³/mol. The number of amides is 1. The van der Waals surface area contributed by atoms with Crippen LogP contribution in [0.2, 0.25) is 0 Å². The van der Waals surface area contributed by atoms with Crippen LogP contribution in [0.15, 0.2) is 11.6 Å². The summed E-state index contributed by atoms with van der Waals surface area (Å²) in [4.78, 5) is 26.0. The number of hydrogen-bond donors (Lipinski definition) is 5. The zero-order chi connectivity index (χ0) is 39.5. The van der Waals surface area contributed by atoms with E-state index >= 15 is 0 Å². The van der Waals surface area contributed by atoms with Crippen LogP contribution in [-0.4, -0.2) is 82.5 Å². The van der Waals surface area contributed by atoms with Gasteiger partial charge >= 0.3 is 12.1 Å². The lowest BCUT2D eigenvalue weighted by atomic mass is 9.33. The standard InChI is InChI=1S/C44H73NO9/c1-9-10-11-12-13-24-52-38(51)45-33-35(48)34(47)29(26-46)53-36(33)54-32-17-18-41(6)30(40(32,4)5)16-19-43(8)31(41)15-14-27-28-25-39(2,3)20-22-44(28,37(49)50)23-21-42(27,43)7/h14,28-36,46-48H,9-13,15-26H2,1-8H3,(H,45,51)(H,49,50)/t28-,29+,30-,31+,32-,33+,34+,35+,36-,41-,42+,43+,44-/m0/s1. The summed E-state index contributed by atoms with van der Waals surface area (Å²) in [6.45, 7) is 18.6. The van der Waals surface area contributed by atoms with Crippen molar-refractivity contribution >= 4 is 12.1 Å². The van der Waals surface area contributed by atoms with Crippen molar-refractivity contribution in [3.05, 3.63) is 11.6 Å². The van der Waals surface area contributed by atoms with E-state index in [1.165, 1.54) is 5.57 Å². The lowest BCUT2D eigenvalue weighted by molar-refractivity contribution is -0.306. The number of aliphatic hydroxyl groups is 3. The number of aliphatic hydroxyl groups excluding tert-OH is 3. The van der Waals surface area contributed by atoms with Gasteiger partial charge in [-0.1, -0.05) is 92.7 Å². The molecule has 0 spiro atoms. The van der Waals surface area contributed by atoms with Gasteiger partial charge in [0.2, 0.25) is 0 Å². The van der Waals surface area contributed by atoms with E-state index in [2.05, 4.69) is 66.8 Å². The Morgan fingerprint density at radius 3 is 2.28 bits per heavy atom. The SMILES string of the molecule is CCCCCCCOC(=O)N[C@H]1[C@H](O[C@H]2CC[C@]3(C)[C@H]4CC=C5[C@@H]6CC(C)(C)CC[C@]6(C(=O)O)CC[C@@]5(C)[C@]4(C)CC[C@H]3C2(C)C)O[C@H](CO)[C@@H](O)[C@@H]1O. The first kappa shape index (κ1) is 41.9. The van der Waals surface area contributed by atoms with E-state index in [1.54, 1.807) is 0 Å². The third-order valence-electron chi connectivity index (χ3n) is 16.9. The van der Waals surface area contributed by atoms with Crippen LogP contribution in [-0.2, 0) is 19.0 Å². The number of aliphatic carboxylic acids is 1. The molecule has 0 aromatic rings. The monoisotopic (exact) mass is 760 g/mol. The second-order valence-corrected chi connectivity index (χ2v) is 20.6. The zero-order valence-corrected chi connectivity index (χ0v) is 34.6. The molecule has 13 atom stereocenters. The molecule has 54 heavy (non-hydrogen) atoms. The van der Waals surface area contributed by atoms with Crippen molar-refractivity contribution in [2.24, 2.45) is 50.2 Å². The van der Waals surface area contributed by atoms with Crippen LogP contribution < -0.4 is 5.32 Å². The molecule has 0 aromatic carbocycles. The average Bonchev–Trinajstić information content (AvgIpc) is 3.10. The van der Waals surface area contributed by atoms with E-state index in [4.69, 9.17) is 14.2 Å². The van der Waals surface area contributed by atoms with E-state index in [9.17, 15) is 30.0 Å². The number of carbonyl (C=O) groups is 2. The van der Waals surface area contributed by atoms with Gasteiger partial charge in [0.25, 0.3) is 0 Å². The van der Waals surface area contributed by atoms with Crippen molar-refractivity contribution in [2.75, 3.05) is 13.2 Å². The van der Waals surface area contributed by atoms with Gasteiger partial charge in [-0.15, -0.1) is 0 Å². The number of allylic oxidation sites excluding steroid dienone is 2. The van der Waals surface area contributed by atoms with E-state index in [0.717, 1.165) is 96.3 Å². The minimum absolute atomic E-state index is 0.0178. The van der Waals surface area contributed by atoms with Crippen LogP contribution in [0.4, 0.5) is 4.79 Å². The number of ether oxygens (including phenoxy) is 3. The maximum atomic E-state index is 13.1. The van der Waals surface area contributed by atoms with Gasteiger partial charge in [0, 0.05) is 0 Å². The highest BCUT2D eigenvalue weighted by Gasteiger charge is 2.69. The van der Waals surface area contributed by atoms with Gasteiger partial charge in [-0.2, -0.15) is 0 Å². The zero-order valence-electron chi connectivity index (χ0n) is 34.6. The largest absolute Gasteiger partial charge is 0.481 e. The fraction of sp³-hybridized carbons (Fsp3) is 0.909. The number of nitrogens with one attached hydrogen (secondary N) is 1. The van der Waals surface area contributed by atoms with Gasteiger partial charge in [-0.3, -0.25) is 4.79 Å². The molecular formula is C44H73NO9. The topological polar surface area (TPSA) is 155 Å². The smallest absolute Gasteiger partial charge is 0.407 e. The first-order valence-corrected chi connectivity index (χ1v) is 21.5. The first-order valence-electron chi connectivity index (χ1n) is 21.5. The number of alkyl carbamates (subject to hydrolysis) is 1. The van der Waals surface area contributed by atoms with Crippen molar-refractivity contribution in [2.45, 2.75) is 188 Å². The highest BCUT2D eigenvalue weighted by molar-refractivity contribution is 5.76. The minimum Gasteiger partial charge on any atom is -0.481 e. The minimum atomic E-state index is -1.42. The first-order chi connectivity index (χ1) is 25.3. The van der Waals surface area contributed by atoms with Crippen molar-refractivity contribution in [1.82, 2.24) is 5.32 Å². The molecule has 6 aliphatic rings. The van der Waals surface area contributed by atoms with Crippen molar-refractivity contribution in [3.63, 3.8) is 0 Å². The van der Waals surface area contributed by atoms with Crippen LogP contribution in [0.1, 0.15) is 152 Å². The number of fused-ring (bicyclic) bond motifs is 7. The van der Waals surface area contributed by atoms with Crippen LogP contribution in [0.5, 0.6) is 0 Å². The number of carbonyl (C=O) groups excluding carboxylic acids is 1. The summed E-state index contributed by atoms with van der Waals surface area (Å²) in [6.07, 6.45) is 10.8. The number of rotatable bonds is 11. The Morgan fingerprint density at radius 1 is 0.889 bits per heavy atom. The summed E-state index contributed by atoms with van der Waals surface area (Å²) in [5.74, 6) is 0.237. The molecule has 0 radical (unpaired) electrons. The van der Waals surface area contributed by atoms with Gasteiger partial charge in [0.05, 0.1) is 24.7 Å². The van der Waals surface area contributed by atoms with Crippen molar-refractivity contribution in [1.29, 1.82) is 0 Å². The Morgan fingerprint density at radius 2 is 1.59 bits per heavy atom. The fourth-order valence-corrected chi connectivity index (χ4v) is 13.4. The van der Waals surface area contributed by atoms with Crippen LogP contribution >= 0.6 is 0 Å². The lowest BCUT2D eigenvalue weighted by Gasteiger charge is -2.71. The van der Waals surface area contributed by atoms with Crippen molar-refractivity contribution < 1.29 is 44.2 Å². The number of carboxylic acid groups (broad SMARTS) is 1. The molecule has 0 bridgehead atoms. The van der Waals surface area contributed by atoms with Gasteiger partial charge in [0.1, 0.15) is 24.4 Å². The van der Waals surface area contributed by atoms with Gasteiger partial charge in [-0.25, -0.2) is 4.79 Å². The van der Waals surface area contributed by atoms with Gasteiger partial charge < -0.3 is 40.0 Å². The Bertz CT molecular complexity index is 1410. The van der Waals surface area contributed by atoms with Gasteiger partial charge in [0.15, 0.2) is 6.29 Å². The maximum Gasteiger partial charge on any atom is 0.407 e. The normalized spacial score (nSPS) is 45.1. The Labute approximate surface area is 324 Å². The molecule has 5 N–H and O–H groups in total. The third kappa shape index (κ3) is 6.87. The van der Waals surface area contributed by atoms with Gasteiger partial charge in [-0.05, 0) is 115 Å². The quantitative estimate of drug-likeness (QED) is 0.0808. The number of hydrogen-bond acceptors (Lipinski definition) is 8. The molecule has 0 unspecified atom stereocenters. The molecule has 5 aliphatic carbocycles. The second-order valence-electron chi connectivity index (χ2n) is 20.6. The molecule has 6 rings (SSSR count). The molecule has 1 saturated heterocycles. The molecule has 10 nitrogen and oxygen atoms in total. The van der Waals surface area contributed by atoms with Crippen LogP contribution in [0, 0.1) is 50.2 Å². The maximum absolute atomic E-state index is 13.1. The van der Waals surface area contributed by atoms with E-state index < -0.39 is 54.7 Å². The number of carboxylic acids is 1. The predicted octanol–water partition coefficient (Wildman–Crippen LogP) is 7.76. The molecule has 10 heteroatoms. The molecule has 5 fully saturated rings. The Kier molecular flexibility index (Phi) is 11.8. The highest BCUT2D eigenvalue weighted by atomic mass is 16.7.